The van der Waals surface area contributed by atoms with E-state index in [0.29, 0.717) is 18.7 Å². The Morgan fingerprint density at radius 3 is 2.77 bits per heavy atom. The highest BCUT2D eigenvalue weighted by atomic mass is 32.1. The smallest absolute Gasteiger partial charge is 0.412 e. The second-order valence-corrected chi connectivity index (χ2v) is 8.52. The minimum atomic E-state index is -0.614. The molecule has 1 amide bonds. The average molecular weight is 442 g/mol. The number of carbonyl (C=O) groups excluding carboxylic acids is 2. The van der Waals surface area contributed by atoms with Gasteiger partial charge in [0.1, 0.15) is 6.10 Å². The normalized spacial score (nSPS) is 13.9. The third kappa shape index (κ3) is 7.07. The predicted molar refractivity (Wildman–Crippen MR) is 118 cm³/mol. The number of nitrogens with one attached hydrogen (secondary N) is 1. The molecule has 1 aliphatic rings. The minimum Gasteiger partial charge on any atom is -0.458 e. The van der Waals surface area contributed by atoms with E-state index in [0.717, 1.165) is 49.8 Å². The van der Waals surface area contributed by atoms with Crippen molar-refractivity contribution in [3.05, 3.63) is 35.3 Å². The number of amides is 1. The van der Waals surface area contributed by atoms with Crippen LogP contribution in [0.4, 0.5) is 4.79 Å². The number of esters is 1. The van der Waals surface area contributed by atoms with Gasteiger partial charge in [-0.25, -0.2) is 9.59 Å². The van der Waals surface area contributed by atoms with Gasteiger partial charge >= 0.3 is 12.1 Å². The third-order valence-electron chi connectivity index (χ3n) is 5.06. The maximum absolute atomic E-state index is 12.9. The predicted octanol–water partition coefficient (Wildman–Crippen LogP) is 5.47. The molecule has 0 spiro atoms. The van der Waals surface area contributed by atoms with Crippen LogP contribution in [-0.4, -0.2) is 29.7 Å². The molecule has 1 N–H and O–H groups in total. The average Bonchev–Trinajstić information content (AvgIpc) is 3.21. The standard InChI is InChI=1S/C23H27N3O4S/c24-13-7-1-2-8-15-26-23(28)30-19-16-20(18-12-6-9-14-25-18)31-21(19)22(27)29-17-10-4-3-5-11-17/h6,9,12,14,16-17H,1-5,7-8,10-11,15H2,(H,26,28). The fourth-order valence-electron chi connectivity index (χ4n) is 3.45. The Morgan fingerprint density at radius 1 is 1.19 bits per heavy atom. The van der Waals surface area contributed by atoms with E-state index >= 15 is 0 Å². The molecule has 0 unspecified atom stereocenters. The molecule has 2 heterocycles. The molecule has 0 aromatic carbocycles. The Labute approximate surface area is 186 Å². The van der Waals surface area contributed by atoms with E-state index in [-0.39, 0.29) is 16.7 Å². The molecular formula is C23H27N3O4S. The summed E-state index contributed by atoms with van der Waals surface area (Å²) in [5.74, 6) is -0.271. The number of pyridine rings is 1. The van der Waals surface area contributed by atoms with Crippen molar-refractivity contribution in [1.29, 1.82) is 5.26 Å². The number of nitriles is 1. The summed E-state index contributed by atoms with van der Waals surface area (Å²) in [7, 11) is 0. The van der Waals surface area contributed by atoms with E-state index in [1.54, 1.807) is 12.3 Å². The SMILES string of the molecule is N#CCCCCCNC(=O)Oc1cc(-c2ccccn2)sc1C(=O)OC1CCCCC1. The molecule has 0 radical (unpaired) electrons. The van der Waals surface area contributed by atoms with E-state index in [1.165, 1.54) is 17.8 Å². The lowest BCUT2D eigenvalue weighted by Gasteiger charge is -2.21. The van der Waals surface area contributed by atoms with Gasteiger partial charge in [0.25, 0.3) is 0 Å². The molecule has 1 aliphatic carbocycles. The van der Waals surface area contributed by atoms with Crippen LogP contribution in [0.3, 0.4) is 0 Å². The van der Waals surface area contributed by atoms with Gasteiger partial charge in [-0.3, -0.25) is 4.98 Å². The topological polar surface area (TPSA) is 101 Å². The zero-order chi connectivity index (χ0) is 21.9. The molecule has 1 saturated carbocycles. The Morgan fingerprint density at radius 2 is 2.03 bits per heavy atom. The third-order valence-corrected chi connectivity index (χ3v) is 6.18. The summed E-state index contributed by atoms with van der Waals surface area (Å²) in [6.07, 6.45) is 8.93. The molecule has 0 saturated heterocycles. The van der Waals surface area contributed by atoms with Crippen molar-refractivity contribution in [2.75, 3.05) is 6.54 Å². The first-order valence-corrected chi connectivity index (χ1v) is 11.6. The maximum Gasteiger partial charge on any atom is 0.412 e. The fraction of sp³-hybridized carbons (Fsp3) is 0.478. The van der Waals surface area contributed by atoms with E-state index in [9.17, 15) is 9.59 Å². The van der Waals surface area contributed by atoms with Crippen LogP contribution < -0.4 is 10.1 Å². The Kier molecular flexibility index (Phi) is 8.85. The van der Waals surface area contributed by atoms with Crippen molar-refractivity contribution in [2.45, 2.75) is 63.9 Å². The van der Waals surface area contributed by atoms with E-state index in [4.69, 9.17) is 14.7 Å². The van der Waals surface area contributed by atoms with Gasteiger partial charge in [-0.05, 0) is 50.7 Å². The van der Waals surface area contributed by atoms with Crippen molar-refractivity contribution >= 4 is 23.4 Å². The van der Waals surface area contributed by atoms with Gasteiger partial charge in [0.15, 0.2) is 10.6 Å². The van der Waals surface area contributed by atoms with Crippen molar-refractivity contribution < 1.29 is 19.1 Å². The summed E-state index contributed by atoms with van der Waals surface area (Å²) >= 11 is 1.22. The lowest BCUT2D eigenvalue weighted by Crippen LogP contribution is -2.28. The Bertz CT molecular complexity index is 901. The molecule has 31 heavy (non-hydrogen) atoms. The van der Waals surface area contributed by atoms with Crippen LogP contribution in [0.25, 0.3) is 10.6 Å². The van der Waals surface area contributed by atoms with Gasteiger partial charge in [-0.2, -0.15) is 5.26 Å². The summed E-state index contributed by atoms with van der Waals surface area (Å²) in [5.41, 5.74) is 0.701. The minimum absolute atomic E-state index is 0.0864. The lowest BCUT2D eigenvalue weighted by molar-refractivity contribution is 0.0214. The van der Waals surface area contributed by atoms with Gasteiger partial charge in [-0.15, -0.1) is 11.3 Å². The summed E-state index contributed by atoms with van der Waals surface area (Å²) < 4.78 is 11.2. The Balaban J connectivity index is 1.66. The zero-order valence-corrected chi connectivity index (χ0v) is 18.3. The van der Waals surface area contributed by atoms with E-state index < -0.39 is 12.1 Å². The summed E-state index contributed by atoms with van der Waals surface area (Å²) in [5, 5.41) is 11.3. The number of carbonyl (C=O) groups is 2. The molecule has 0 aliphatic heterocycles. The second kappa shape index (κ2) is 12.1. The first-order chi connectivity index (χ1) is 15.2. The number of thiophene rings is 1. The lowest BCUT2D eigenvalue weighted by atomic mass is 9.98. The molecule has 7 nitrogen and oxygen atoms in total. The van der Waals surface area contributed by atoms with Crippen LogP contribution >= 0.6 is 11.3 Å². The van der Waals surface area contributed by atoms with Gasteiger partial charge in [-0.1, -0.05) is 18.9 Å². The van der Waals surface area contributed by atoms with Gasteiger partial charge in [0.2, 0.25) is 0 Å². The van der Waals surface area contributed by atoms with Crippen molar-refractivity contribution in [3.8, 4) is 22.4 Å². The molecule has 8 heteroatoms. The highest BCUT2D eigenvalue weighted by Crippen LogP contribution is 2.37. The molecule has 3 rings (SSSR count). The first kappa shape index (κ1) is 22.8. The fourth-order valence-corrected chi connectivity index (χ4v) is 4.39. The van der Waals surface area contributed by atoms with E-state index in [2.05, 4.69) is 16.4 Å². The Hall–Kier alpha value is -2.92. The number of rotatable bonds is 9. The van der Waals surface area contributed by atoms with Crippen LogP contribution in [0.15, 0.2) is 30.5 Å². The molecule has 1 fully saturated rings. The molecule has 2 aromatic rings. The van der Waals surface area contributed by atoms with Crippen LogP contribution in [0, 0.1) is 11.3 Å². The van der Waals surface area contributed by atoms with Crippen LogP contribution in [-0.2, 0) is 4.74 Å². The van der Waals surface area contributed by atoms with Gasteiger partial charge < -0.3 is 14.8 Å². The molecule has 0 atom stereocenters. The van der Waals surface area contributed by atoms with Crippen molar-refractivity contribution in [2.24, 2.45) is 0 Å². The van der Waals surface area contributed by atoms with Crippen LogP contribution in [0.1, 0.15) is 67.5 Å². The highest BCUT2D eigenvalue weighted by molar-refractivity contribution is 7.17. The number of aromatic nitrogens is 1. The molecule has 164 valence electrons. The number of nitrogens with zero attached hydrogens (tertiary/aromatic N) is 2. The first-order valence-electron chi connectivity index (χ1n) is 10.8. The quantitative estimate of drug-likeness (QED) is 0.409. The summed E-state index contributed by atoms with van der Waals surface area (Å²) in [6, 6.07) is 9.29. The van der Waals surface area contributed by atoms with E-state index in [1.807, 2.05) is 18.2 Å². The number of ether oxygens (including phenoxy) is 2. The zero-order valence-electron chi connectivity index (χ0n) is 17.5. The van der Waals surface area contributed by atoms with Crippen LogP contribution in [0.2, 0.25) is 0 Å². The summed E-state index contributed by atoms with van der Waals surface area (Å²) in [4.78, 5) is 30.4. The van der Waals surface area contributed by atoms with Crippen LogP contribution in [0.5, 0.6) is 5.75 Å². The number of hydrogen-bond acceptors (Lipinski definition) is 7. The van der Waals surface area contributed by atoms with Crippen molar-refractivity contribution in [1.82, 2.24) is 10.3 Å². The number of hydrogen-bond donors (Lipinski definition) is 1. The van der Waals surface area contributed by atoms with Gasteiger partial charge in [0, 0.05) is 25.2 Å². The summed E-state index contributed by atoms with van der Waals surface area (Å²) in [6.45, 7) is 0.448. The molecule has 2 aromatic heterocycles. The van der Waals surface area contributed by atoms with Crippen molar-refractivity contribution in [3.63, 3.8) is 0 Å². The maximum atomic E-state index is 12.9. The number of unbranched alkanes of at least 4 members (excludes halogenated alkanes) is 3. The monoisotopic (exact) mass is 441 g/mol. The highest BCUT2D eigenvalue weighted by Gasteiger charge is 2.25. The van der Waals surface area contributed by atoms with Gasteiger partial charge in [0.05, 0.1) is 16.6 Å². The second-order valence-electron chi connectivity index (χ2n) is 7.47. The molecular weight excluding hydrogens is 414 g/mol. The molecule has 0 bridgehead atoms. The largest absolute Gasteiger partial charge is 0.458 e.